The summed E-state index contributed by atoms with van der Waals surface area (Å²) in [4.78, 5) is 1.21. The molecule has 0 radical (unpaired) electrons. The van der Waals surface area contributed by atoms with Crippen LogP contribution in [-0.2, 0) is 6.54 Å². The average Bonchev–Trinajstić information content (AvgIpc) is 2.48. The van der Waals surface area contributed by atoms with Crippen molar-refractivity contribution in [3.8, 4) is 11.5 Å². The normalized spacial score (nSPS) is 10.9. The highest BCUT2D eigenvalue weighted by Crippen LogP contribution is 2.33. The first kappa shape index (κ1) is 15.9. The Bertz CT molecular complexity index is 596. The van der Waals surface area contributed by atoms with Crippen molar-refractivity contribution in [1.82, 2.24) is 0 Å². The van der Waals surface area contributed by atoms with Crippen molar-refractivity contribution in [2.45, 2.75) is 38.1 Å². The quantitative estimate of drug-likeness (QED) is 0.747. The van der Waals surface area contributed by atoms with E-state index in [0.717, 1.165) is 22.8 Å². The topological polar surface area (TPSA) is 35.2 Å². The van der Waals surface area contributed by atoms with Crippen LogP contribution in [-0.4, -0.2) is 5.75 Å². The molecule has 2 nitrogen and oxygen atoms in total. The van der Waals surface area contributed by atoms with Gasteiger partial charge in [-0.2, -0.15) is 0 Å². The molecule has 2 N–H and O–H groups in total. The van der Waals surface area contributed by atoms with E-state index in [1.165, 1.54) is 10.5 Å². The van der Waals surface area contributed by atoms with Crippen LogP contribution in [0.2, 0.25) is 0 Å². The fourth-order valence-corrected chi connectivity index (χ4v) is 3.04. The molecule has 0 amide bonds. The molecule has 0 unspecified atom stereocenters. The Labute approximate surface area is 131 Å². The lowest BCUT2D eigenvalue weighted by Crippen LogP contribution is -2.02. The molecule has 0 aromatic heterocycles. The van der Waals surface area contributed by atoms with E-state index in [1.54, 1.807) is 11.8 Å². The van der Waals surface area contributed by atoms with E-state index in [-0.39, 0.29) is 0 Å². The van der Waals surface area contributed by atoms with Gasteiger partial charge in [-0.05, 0) is 41.5 Å². The standard InChI is InChI=1S/C18H23NOS/c1-4-21-18-10-6-9-17(16(18)12-19)20-15-8-5-7-14(11-15)13(2)3/h5-11,13H,4,12,19H2,1-3H3. The minimum atomic E-state index is 0.488. The summed E-state index contributed by atoms with van der Waals surface area (Å²) in [6.07, 6.45) is 0. The predicted octanol–water partition coefficient (Wildman–Crippen LogP) is 5.17. The molecule has 0 bridgehead atoms. The number of rotatable bonds is 6. The maximum Gasteiger partial charge on any atom is 0.133 e. The Hall–Kier alpha value is -1.45. The fraction of sp³-hybridized carbons (Fsp3) is 0.333. The molecular weight excluding hydrogens is 278 g/mol. The fourth-order valence-electron chi connectivity index (χ4n) is 2.20. The van der Waals surface area contributed by atoms with Crippen LogP contribution in [0.25, 0.3) is 0 Å². The summed E-state index contributed by atoms with van der Waals surface area (Å²) in [6, 6.07) is 14.4. The third-order valence-electron chi connectivity index (χ3n) is 3.35. The van der Waals surface area contributed by atoms with Gasteiger partial charge in [-0.15, -0.1) is 11.8 Å². The number of hydrogen-bond acceptors (Lipinski definition) is 3. The summed E-state index contributed by atoms with van der Waals surface area (Å²) < 4.78 is 6.08. The molecule has 0 spiro atoms. The summed E-state index contributed by atoms with van der Waals surface area (Å²) in [5.74, 6) is 3.25. The van der Waals surface area contributed by atoms with Gasteiger partial charge in [0.1, 0.15) is 11.5 Å². The van der Waals surface area contributed by atoms with Gasteiger partial charge in [0, 0.05) is 17.0 Å². The van der Waals surface area contributed by atoms with E-state index in [4.69, 9.17) is 10.5 Å². The second kappa shape index (κ2) is 7.53. The molecule has 2 aromatic rings. The van der Waals surface area contributed by atoms with Crippen LogP contribution >= 0.6 is 11.8 Å². The minimum absolute atomic E-state index is 0.488. The minimum Gasteiger partial charge on any atom is -0.457 e. The van der Waals surface area contributed by atoms with E-state index < -0.39 is 0 Å². The smallest absolute Gasteiger partial charge is 0.133 e. The van der Waals surface area contributed by atoms with Gasteiger partial charge >= 0.3 is 0 Å². The number of nitrogens with two attached hydrogens (primary N) is 1. The lowest BCUT2D eigenvalue weighted by atomic mass is 10.0. The highest BCUT2D eigenvalue weighted by molar-refractivity contribution is 7.99. The van der Waals surface area contributed by atoms with E-state index in [1.807, 2.05) is 24.3 Å². The van der Waals surface area contributed by atoms with Crippen LogP contribution in [0.3, 0.4) is 0 Å². The van der Waals surface area contributed by atoms with Gasteiger partial charge in [-0.3, -0.25) is 0 Å². The van der Waals surface area contributed by atoms with Gasteiger partial charge in [0.2, 0.25) is 0 Å². The molecule has 0 heterocycles. The van der Waals surface area contributed by atoms with Crippen LogP contribution in [0.15, 0.2) is 47.4 Å². The number of benzene rings is 2. The second-order valence-electron chi connectivity index (χ2n) is 5.20. The maximum absolute atomic E-state index is 6.08. The summed E-state index contributed by atoms with van der Waals surface area (Å²) in [7, 11) is 0. The van der Waals surface area contributed by atoms with Gasteiger partial charge in [-0.1, -0.05) is 39.0 Å². The molecule has 2 rings (SSSR count). The molecule has 0 saturated carbocycles. The molecule has 0 saturated heterocycles. The lowest BCUT2D eigenvalue weighted by molar-refractivity contribution is 0.473. The van der Waals surface area contributed by atoms with Crippen molar-refractivity contribution in [2.75, 3.05) is 5.75 Å². The zero-order chi connectivity index (χ0) is 15.2. The third kappa shape index (κ3) is 4.02. The second-order valence-corrected chi connectivity index (χ2v) is 6.51. The zero-order valence-electron chi connectivity index (χ0n) is 12.9. The monoisotopic (exact) mass is 301 g/mol. The van der Waals surface area contributed by atoms with Gasteiger partial charge in [0.05, 0.1) is 0 Å². The van der Waals surface area contributed by atoms with E-state index in [2.05, 4.69) is 39.0 Å². The molecule has 0 fully saturated rings. The highest BCUT2D eigenvalue weighted by Gasteiger charge is 2.10. The summed E-state index contributed by atoms with van der Waals surface area (Å²) >= 11 is 1.80. The SMILES string of the molecule is CCSc1cccc(Oc2cccc(C(C)C)c2)c1CN. The largest absolute Gasteiger partial charge is 0.457 e. The Morgan fingerprint density at radius 1 is 1.14 bits per heavy atom. The van der Waals surface area contributed by atoms with Crippen molar-refractivity contribution >= 4 is 11.8 Å². The van der Waals surface area contributed by atoms with Crippen LogP contribution in [0.5, 0.6) is 11.5 Å². The first-order valence-corrected chi connectivity index (χ1v) is 8.36. The number of ether oxygens (including phenoxy) is 1. The van der Waals surface area contributed by atoms with Gasteiger partial charge in [-0.25, -0.2) is 0 Å². The average molecular weight is 301 g/mol. The molecule has 3 heteroatoms. The summed E-state index contributed by atoms with van der Waals surface area (Å²) in [6.45, 7) is 7.00. The van der Waals surface area contributed by atoms with Crippen LogP contribution in [0.4, 0.5) is 0 Å². The molecule has 0 aliphatic rings. The first-order valence-electron chi connectivity index (χ1n) is 7.38. The van der Waals surface area contributed by atoms with Crippen molar-refractivity contribution in [3.05, 3.63) is 53.6 Å². The first-order chi connectivity index (χ1) is 10.2. The maximum atomic E-state index is 6.08. The Kier molecular flexibility index (Phi) is 5.71. The van der Waals surface area contributed by atoms with E-state index >= 15 is 0 Å². The van der Waals surface area contributed by atoms with Crippen LogP contribution in [0, 0.1) is 0 Å². The van der Waals surface area contributed by atoms with Crippen LogP contribution in [0.1, 0.15) is 37.8 Å². The summed E-state index contributed by atoms with van der Waals surface area (Å²) in [5, 5.41) is 0. The molecule has 21 heavy (non-hydrogen) atoms. The van der Waals surface area contributed by atoms with Crippen molar-refractivity contribution in [2.24, 2.45) is 5.73 Å². The molecule has 112 valence electrons. The van der Waals surface area contributed by atoms with Gasteiger partial charge in [0.15, 0.2) is 0 Å². The number of hydrogen-bond donors (Lipinski definition) is 1. The van der Waals surface area contributed by atoms with E-state index in [0.29, 0.717) is 12.5 Å². The lowest BCUT2D eigenvalue weighted by Gasteiger charge is -2.14. The third-order valence-corrected chi connectivity index (χ3v) is 4.33. The molecule has 0 aliphatic heterocycles. The molecule has 0 aliphatic carbocycles. The Balaban J connectivity index is 2.30. The molecule has 2 aromatic carbocycles. The van der Waals surface area contributed by atoms with Crippen molar-refractivity contribution in [1.29, 1.82) is 0 Å². The Morgan fingerprint density at radius 3 is 2.57 bits per heavy atom. The molecule has 0 atom stereocenters. The van der Waals surface area contributed by atoms with Crippen LogP contribution < -0.4 is 10.5 Å². The predicted molar refractivity (Wildman–Crippen MR) is 91.3 cm³/mol. The van der Waals surface area contributed by atoms with Crippen molar-refractivity contribution < 1.29 is 4.74 Å². The molecular formula is C18H23NOS. The number of thioether (sulfide) groups is 1. The highest BCUT2D eigenvalue weighted by atomic mass is 32.2. The zero-order valence-corrected chi connectivity index (χ0v) is 13.7. The van der Waals surface area contributed by atoms with Gasteiger partial charge in [0.25, 0.3) is 0 Å². The van der Waals surface area contributed by atoms with Gasteiger partial charge < -0.3 is 10.5 Å². The van der Waals surface area contributed by atoms with Crippen molar-refractivity contribution in [3.63, 3.8) is 0 Å². The van der Waals surface area contributed by atoms with E-state index in [9.17, 15) is 0 Å². The Morgan fingerprint density at radius 2 is 1.90 bits per heavy atom. The summed E-state index contributed by atoms with van der Waals surface area (Å²) in [5.41, 5.74) is 8.28.